The number of benzene rings is 2. The molecule has 1 heterocycles. The van der Waals surface area contributed by atoms with Crippen molar-refractivity contribution >= 4 is 48.3 Å². The van der Waals surface area contributed by atoms with Crippen molar-refractivity contribution in [1.82, 2.24) is 4.98 Å². The molecule has 0 bridgehead atoms. The van der Waals surface area contributed by atoms with Crippen LogP contribution in [0.3, 0.4) is 0 Å². The van der Waals surface area contributed by atoms with Gasteiger partial charge in [0.05, 0.1) is 20.8 Å². The second-order valence-electron chi connectivity index (χ2n) is 8.07. The van der Waals surface area contributed by atoms with Crippen LogP contribution < -0.4 is 10.0 Å². The van der Waals surface area contributed by atoms with Gasteiger partial charge in [-0.1, -0.05) is 49.7 Å². The van der Waals surface area contributed by atoms with Crippen LogP contribution >= 0.6 is 11.3 Å². The van der Waals surface area contributed by atoms with Crippen molar-refractivity contribution in [2.24, 2.45) is 0 Å². The minimum absolute atomic E-state index is 0.102. The highest BCUT2D eigenvalue weighted by Crippen LogP contribution is 2.34. The Balaban J connectivity index is 1.55. The van der Waals surface area contributed by atoms with Crippen LogP contribution in [0.5, 0.6) is 0 Å². The molecule has 2 N–H and O–H groups in total. The number of nitrogens with one attached hydrogen (secondary N) is 2. The molecule has 0 aliphatic heterocycles. The molecule has 6 nitrogen and oxygen atoms in total. The Labute approximate surface area is 187 Å². The van der Waals surface area contributed by atoms with Crippen molar-refractivity contribution in [1.29, 1.82) is 0 Å². The van der Waals surface area contributed by atoms with Crippen LogP contribution in [0.15, 0.2) is 41.3 Å². The van der Waals surface area contributed by atoms with Gasteiger partial charge in [0.2, 0.25) is 5.91 Å². The summed E-state index contributed by atoms with van der Waals surface area (Å²) < 4.78 is 29.4. The fourth-order valence-corrected chi connectivity index (χ4v) is 6.13. The topological polar surface area (TPSA) is 88.2 Å². The molecular formula is C23H27N3O3S2. The first kappa shape index (κ1) is 21.8. The molecular weight excluding hydrogens is 430 g/mol. The molecule has 0 atom stereocenters. The van der Waals surface area contributed by atoms with Gasteiger partial charge < -0.3 is 5.32 Å². The van der Waals surface area contributed by atoms with Gasteiger partial charge in [0.25, 0.3) is 10.0 Å². The summed E-state index contributed by atoms with van der Waals surface area (Å²) in [7, 11) is -3.70. The average Bonchev–Trinajstić information content (AvgIpc) is 3.17. The Hall–Kier alpha value is -2.45. The molecule has 2 aromatic carbocycles. The Kier molecular flexibility index (Phi) is 6.29. The van der Waals surface area contributed by atoms with Crippen molar-refractivity contribution in [2.75, 3.05) is 10.0 Å². The standard InChI is InChI=1S/C23H27N3O3S2/c1-3-21(27)24-23-25-22-15(2)13-18(14-20(22)30-23)26-31(28,29)19-11-9-17(10-12-19)16-7-5-4-6-8-16/h9-14,16,26H,3-8H2,1-2H3,(H,24,25,27). The van der Waals surface area contributed by atoms with Gasteiger partial charge in [0.15, 0.2) is 5.13 Å². The van der Waals surface area contributed by atoms with E-state index in [-0.39, 0.29) is 10.8 Å². The van der Waals surface area contributed by atoms with E-state index in [1.165, 1.54) is 49.0 Å². The average molecular weight is 458 g/mol. The number of sulfonamides is 1. The molecule has 1 amide bonds. The number of thiazole rings is 1. The van der Waals surface area contributed by atoms with Crippen LogP contribution in [0.1, 0.15) is 62.5 Å². The van der Waals surface area contributed by atoms with Crippen molar-refractivity contribution in [3.63, 3.8) is 0 Å². The fourth-order valence-electron chi connectivity index (χ4n) is 4.09. The largest absolute Gasteiger partial charge is 0.302 e. The molecule has 1 aromatic heterocycles. The summed E-state index contributed by atoms with van der Waals surface area (Å²) in [5.74, 6) is 0.437. The molecule has 31 heavy (non-hydrogen) atoms. The molecule has 1 fully saturated rings. The number of carbonyl (C=O) groups excluding carboxylic acids is 1. The summed E-state index contributed by atoms with van der Waals surface area (Å²) in [4.78, 5) is 16.4. The molecule has 0 radical (unpaired) electrons. The summed E-state index contributed by atoms with van der Waals surface area (Å²) in [5.41, 5.74) is 3.31. The number of aryl methyl sites for hydroxylation is 1. The SMILES string of the molecule is CCC(=O)Nc1nc2c(C)cc(NS(=O)(=O)c3ccc(C4CCCCC4)cc3)cc2s1. The lowest BCUT2D eigenvalue weighted by Gasteiger charge is -2.22. The van der Waals surface area contributed by atoms with E-state index >= 15 is 0 Å². The van der Waals surface area contributed by atoms with Crippen molar-refractivity contribution in [3.05, 3.63) is 47.5 Å². The molecule has 0 unspecified atom stereocenters. The Morgan fingerprint density at radius 1 is 1.13 bits per heavy atom. The lowest BCUT2D eigenvalue weighted by molar-refractivity contribution is -0.115. The van der Waals surface area contributed by atoms with Gasteiger partial charge in [-0.05, 0) is 61.1 Å². The molecule has 164 valence electrons. The summed E-state index contributed by atoms with van der Waals surface area (Å²) in [6.07, 6.45) is 6.52. The van der Waals surface area contributed by atoms with Crippen molar-refractivity contribution in [2.45, 2.75) is 63.2 Å². The number of fused-ring (bicyclic) bond motifs is 1. The van der Waals surface area contributed by atoms with E-state index in [9.17, 15) is 13.2 Å². The number of hydrogen-bond donors (Lipinski definition) is 2. The van der Waals surface area contributed by atoms with Crippen LogP contribution in [0.2, 0.25) is 0 Å². The van der Waals surface area contributed by atoms with Crippen LogP contribution in [-0.4, -0.2) is 19.3 Å². The smallest absolute Gasteiger partial charge is 0.261 e. The molecule has 0 spiro atoms. The second-order valence-corrected chi connectivity index (χ2v) is 10.8. The van der Waals surface area contributed by atoms with Gasteiger partial charge in [-0.3, -0.25) is 9.52 Å². The molecule has 1 aliphatic carbocycles. The van der Waals surface area contributed by atoms with E-state index in [1.807, 2.05) is 19.1 Å². The predicted molar refractivity (Wildman–Crippen MR) is 126 cm³/mol. The Morgan fingerprint density at radius 2 is 1.84 bits per heavy atom. The maximum Gasteiger partial charge on any atom is 0.261 e. The van der Waals surface area contributed by atoms with Crippen LogP contribution in [-0.2, 0) is 14.8 Å². The third kappa shape index (κ3) is 4.91. The zero-order valence-electron chi connectivity index (χ0n) is 17.8. The summed E-state index contributed by atoms with van der Waals surface area (Å²) in [6, 6.07) is 10.8. The monoisotopic (exact) mass is 457 g/mol. The second kappa shape index (κ2) is 8.96. The molecule has 1 aliphatic rings. The van der Waals surface area contributed by atoms with Gasteiger partial charge in [0.1, 0.15) is 0 Å². The lowest BCUT2D eigenvalue weighted by Crippen LogP contribution is -2.13. The fraction of sp³-hybridized carbons (Fsp3) is 0.391. The molecule has 8 heteroatoms. The lowest BCUT2D eigenvalue weighted by atomic mass is 9.84. The van der Waals surface area contributed by atoms with Crippen LogP contribution in [0, 0.1) is 6.92 Å². The highest BCUT2D eigenvalue weighted by molar-refractivity contribution is 7.92. The van der Waals surface area contributed by atoms with Crippen LogP contribution in [0.4, 0.5) is 10.8 Å². The number of nitrogens with zero attached hydrogens (tertiary/aromatic N) is 1. The third-order valence-electron chi connectivity index (χ3n) is 5.77. The molecule has 0 saturated heterocycles. The molecule has 4 rings (SSSR count). The first-order valence-electron chi connectivity index (χ1n) is 10.7. The molecule has 1 saturated carbocycles. The van der Waals surface area contributed by atoms with Crippen molar-refractivity contribution in [3.8, 4) is 0 Å². The maximum absolute atomic E-state index is 12.9. The van der Waals surface area contributed by atoms with Crippen LogP contribution in [0.25, 0.3) is 10.2 Å². The van der Waals surface area contributed by atoms with Crippen molar-refractivity contribution < 1.29 is 13.2 Å². The summed E-state index contributed by atoms with van der Waals surface area (Å²) >= 11 is 1.33. The van der Waals surface area contributed by atoms with E-state index in [1.54, 1.807) is 31.2 Å². The number of anilines is 2. The molecule has 3 aromatic rings. The quantitative estimate of drug-likeness (QED) is 0.489. The first-order chi connectivity index (χ1) is 14.9. The number of hydrogen-bond acceptors (Lipinski definition) is 5. The zero-order valence-corrected chi connectivity index (χ0v) is 19.4. The number of rotatable bonds is 6. The zero-order chi connectivity index (χ0) is 22.0. The first-order valence-corrected chi connectivity index (χ1v) is 13.0. The van der Waals surface area contributed by atoms with Gasteiger partial charge in [-0.15, -0.1) is 0 Å². The Morgan fingerprint density at radius 3 is 2.52 bits per heavy atom. The Bertz CT molecular complexity index is 1190. The van der Waals surface area contributed by atoms with Gasteiger partial charge >= 0.3 is 0 Å². The minimum Gasteiger partial charge on any atom is -0.302 e. The third-order valence-corrected chi connectivity index (χ3v) is 8.09. The van der Waals surface area contributed by atoms with Gasteiger partial charge in [-0.2, -0.15) is 0 Å². The summed E-state index contributed by atoms with van der Waals surface area (Å²) in [5, 5.41) is 3.28. The number of carbonyl (C=O) groups is 1. The number of amides is 1. The van der Waals surface area contributed by atoms with E-state index in [4.69, 9.17) is 0 Å². The predicted octanol–water partition coefficient (Wildman–Crippen LogP) is 5.80. The van der Waals surface area contributed by atoms with E-state index < -0.39 is 10.0 Å². The van der Waals surface area contributed by atoms with E-state index in [0.29, 0.717) is 23.2 Å². The highest BCUT2D eigenvalue weighted by Gasteiger charge is 2.19. The van der Waals surface area contributed by atoms with Gasteiger partial charge in [-0.25, -0.2) is 13.4 Å². The highest BCUT2D eigenvalue weighted by atomic mass is 32.2. The van der Waals surface area contributed by atoms with E-state index in [2.05, 4.69) is 15.0 Å². The number of aromatic nitrogens is 1. The normalized spacial score (nSPS) is 15.2. The summed E-state index contributed by atoms with van der Waals surface area (Å²) in [6.45, 7) is 3.66. The maximum atomic E-state index is 12.9. The minimum atomic E-state index is -3.70. The van der Waals surface area contributed by atoms with E-state index in [0.717, 1.165) is 15.8 Å². The van der Waals surface area contributed by atoms with Gasteiger partial charge in [0, 0.05) is 6.42 Å².